The molecule has 0 amide bonds. The fraction of sp³-hybridized carbons (Fsp3) is 0.136. The molecule has 0 saturated carbocycles. The lowest BCUT2D eigenvalue weighted by atomic mass is 10.0. The summed E-state index contributed by atoms with van der Waals surface area (Å²) in [5.74, 6) is -0.663. The first-order valence-electron chi connectivity index (χ1n) is 8.67. The lowest BCUT2D eigenvalue weighted by Crippen LogP contribution is -1.89. The maximum absolute atomic E-state index is 15.1. The van der Waals surface area contributed by atoms with E-state index < -0.39 is 5.82 Å². The van der Waals surface area contributed by atoms with E-state index in [0.29, 0.717) is 23.1 Å². The number of hydrogen-bond donors (Lipinski definition) is 0. The second kappa shape index (κ2) is 5.77. The van der Waals surface area contributed by atoms with Crippen molar-refractivity contribution in [2.45, 2.75) is 19.3 Å². The number of oxazole rings is 1. The Morgan fingerprint density at radius 3 is 2.50 bits per heavy atom. The number of fused-ring (bicyclic) bond motifs is 2. The molecule has 0 spiro atoms. The molecule has 1 aliphatic carbocycles. The average molecular weight is 347 g/mol. The Labute approximate surface area is 149 Å². The highest BCUT2D eigenvalue weighted by Crippen LogP contribution is 2.36. The van der Waals surface area contributed by atoms with Gasteiger partial charge in [0.1, 0.15) is 11.3 Å². The van der Waals surface area contributed by atoms with Crippen LogP contribution in [0.15, 0.2) is 59.0 Å². The molecule has 3 aromatic carbocycles. The van der Waals surface area contributed by atoms with Crippen molar-refractivity contribution in [3.05, 3.63) is 77.4 Å². The first kappa shape index (κ1) is 15.3. The van der Waals surface area contributed by atoms with Crippen molar-refractivity contribution in [3.8, 4) is 22.6 Å². The molecule has 0 radical (unpaired) electrons. The summed E-state index contributed by atoms with van der Waals surface area (Å²) >= 11 is 0. The van der Waals surface area contributed by atoms with Gasteiger partial charge in [0.2, 0.25) is 5.89 Å². The lowest BCUT2D eigenvalue weighted by Gasteiger charge is -2.06. The third kappa shape index (κ3) is 2.25. The van der Waals surface area contributed by atoms with Crippen molar-refractivity contribution in [1.29, 1.82) is 0 Å². The molecular weight excluding hydrogens is 332 g/mol. The summed E-state index contributed by atoms with van der Waals surface area (Å²) in [5, 5.41) is 0. The topological polar surface area (TPSA) is 26.0 Å². The summed E-state index contributed by atoms with van der Waals surface area (Å²) in [6, 6.07) is 16.2. The van der Waals surface area contributed by atoms with E-state index in [9.17, 15) is 4.39 Å². The maximum atomic E-state index is 15.1. The minimum atomic E-state index is -0.418. The fourth-order valence-electron chi connectivity index (χ4n) is 3.72. The van der Waals surface area contributed by atoms with Gasteiger partial charge in [-0.25, -0.2) is 13.8 Å². The molecule has 4 aromatic rings. The quantitative estimate of drug-likeness (QED) is 0.449. The van der Waals surface area contributed by atoms with Crippen LogP contribution in [-0.4, -0.2) is 4.98 Å². The van der Waals surface area contributed by atoms with Crippen LogP contribution in [0.25, 0.3) is 33.7 Å². The number of benzene rings is 3. The summed E-state index contributed by atoms with van der Waals surface area (Å²) in [7, 11) is 0. The van der Waals surface area contributed by atoms with Gasteiger partial charge in [-0.05, 0) is 48.1 Å². The Morgan fingerprint density at radius 2 is 1.65 bits per heavy atom. The normalized spacial score (nSPS) is 13.3. The molecule has 0 saturated heterocycles. The van der Waals surface area contributed by atoms with Crippen molar-refractivity contribution in [3.63, 3.8) is 0 Å². The molecular formula is C22H15F2NO. The molecule has 0 N–H and O–H groups in total. The maximum Gasteiger partial charge on any atom is 0.230 e. The second-order valence-corrected chi connectivity index (χ2v) is 6.58. The predicted molar refractivity (Wildman–Crippen MR) is 96.8 cm³/mol. The van der Waals surface area contributed by atoms with Gasteiger partial charge in [-0.15, -0.1) is 0 Å². The van der Waals surface area contributed by atoms with E-state index in [2.05, 4.69) is 4.98 Å². The van der Waals surface area contributed by atoms with Crippen LogP contribution in [0.4, 0.5) is 8.78 Å². The average Bonchev–Trinajstić information content (AvgIpc) is 3.30. The van der Waals surface area contributed by atoms with Crippen LogP contribution >= 0.6 is 0 Å². The van der Waals surface area contributed by atoms with E-state index in [0.717, 1.165) is 24.0 Å². The zero-order valence-corrected chi connectivity index (χ0v) is 13.9. The first-order valence-corrected chi connectivity index (χ1v) is 8.67. The predicted octanol–water partition coefficient (Wildman–Crippen LogP) is 5.93. The summed E-state index contributed by atoms with van der Waals surface area (Å²) in [5.41, 5.74) is 3.73. The number of aromatic nitrogens is 1. The number of nitrogens with zero attached hydrogens (tertiary/aromatic N) is 1. The van der Waals surface area contributed by atoms with Gasteiger partial charge in [0.25, 0.3) is 0 Å². The van der Waals surface area contributed by atoms with Gasteiger partial charge >= 0.3 is 0 Å². The van der Waals surface area contributed by atoms with E-state index in [4.69, 9.17) is 4.42 Å². The van der Waals surface area contributed by atoms with Gasteiger partial charge in [0, 0.05) is 5.56 Å². The van der Waals surface area contributed by atoms with Crippen LogP contribution in [0.5, 0.6) is 0 Å². The van der Waals surface area contributed by atoms with Gasteiger partial charge in [-0.3, -0.25) is 0 Å². The van der Waals surface area contributed by atoms with Crippen molar-refractivity contribution < 1.29 is 13.2 Å². The molecule has 0 aliphatic heterocycles. The highest BCUT2D eigenvalue weighted by molar-refractivity contribution is 5.80. The van der Waals surface area contributed by atoms with Crippen LogP contribution in [0.3, 0.4) is 0 Å². The Morgan fingerprint density at radius 1 is 0.846 bits per heavy atom. The van der Waals surface area contributed by atoms with E-state index >= 15 is 4.39 Å². The molecule has 5 rings (SSSR count). The SMILES string of the molecule is Fc1c(-c2ccccc2)cccc1-c1nc2cc3c(c(F)c2o1)CCC3. The Kier molecular flexibility index (Phi) is 3.38. The van der Waals surface area contributed by atoms with Crippen LogP contribution < -0.4 is 0 Å². The monoisotopic (exact) mass is 347 g/mol. The van der Waals surface area contributed by atoms with E-state index in [-0.39, 0.29) is 22.9 Å². The Balaban J connectivity index is 1.68. The smallest absolute Gasteiger partial charge is 0.230 e. The summed E-state index contributed by atoms with van der Waals surface area (Å²) < 4.78 is 35.5. The molecule has 4 heteroatoms. The van der Waals surface area contributed by atoms with Gasteiger partial charge in [0.05, 0.1) is 5.56 Å². The standard InChI is InChI=1S/C22H15F2NO/c23-19-15(13-6-2-1-3-7-13)10-5-11-17(19)22-25-18-12-14-8-4-9-16(14)20(24)21(18)26-22/h1-3,5-7,10-12H,4,8-9H2. The molecule has 26 heavy (non-hydrogen) atoms. The molecule has 2 nitrogen and oxygen atoms in total. The molecule has 1 aliphatic rings. The largest absolute Gasteiger partial charge is 0.433 e. The molecule has 1 aromatic heterocycles. The minimum absolute atomic E-state index is 0.109. The van der Waals surface area contributed by atoms with E-state index in [1.165, 1.54) is 0 Å². The molecule has 0 unspecified atom stereocenters. The van der Waals surface area contributed by atoms with E-state index in [1.807, 2.05) is 36.4 Å². The van der Waals surface area contributed by atoms with Crippen molar-refractivity contribution in [2.75, 3.05) is 0 Å². The Bertz CT molecular complexity index is 1130. The molecule has 0 fully saturated rings. The van der Waals surface area contributed by atoms with Crippen molar-refractivity contribution in [1.82, 2.24) is 4.98 Å². The zero-order chi connectivity index (χ0) is 17.7. The highest BCUT2D eigenvalue weighted by Gasteiger charge is 2.23. The van der Waals surface area contributed by atoms with Crippen LogP contribution in [0, 0.1) is 11.6 Å². The molecule has 1 heterocycles. The fourth-order valence-corrected chi connectivity index (χ4v) is 3.72. The third-order valence-electron chi connectivity index (χ3n) is 5.00. The van der Waals surface area contributed by atoms with Gasteiger partial charge < -0.3 is 4.42 Å². The van der Waals surface area contributed by atoms with Gasteiger partial charge in [-0.2, -0.15) is 0 Å². The molecule has 0 bridgehead atoms. The Hall–Kier alpha value is -3.01. The van der Waals surface area contributed by atoms with Gasteiger partial charge in [-0.1, -0.05) is 42.5 Å². The first-order chi connectivity index (χ1) is 12.7. The van der Waals surface area contributed by atoms with Crippen LogP contribution in [0.2, 0.25) is 0 Å². The summed E-state index contributed by atoms with van der Waals surface area (Å²) in [6.45, 7) is 0. The lowest BCUT2D eigenvalue weighted by molar-refractivity contribution is 0.552. The summed E-state index contributed by atoms with van der Waals surface area (Å²) in [4.78, 5) is 4.37. The van der Waals surface area contributed by atoms with Crippen molar-refractivity contribution in [2.24, 2.45) is 0 Å². The molecule has 128 valence electrons. The highest BCUT2D eigenvalue weighted by atomic mass is 19.1. The van der Waals surface area contributed by atoms with Gasteiger partial charge in [0.15, 0.2) is 11.4 Å². The number of halogens is 2. The number of rotatable bonds is 2. The number of aryl methyl sites for hydroxylation is 1. The van der Waals surface area contributed by atoms with Crippen molar-refractivity contribution >= 4 is 11.1 Å². The number of hydrogen-bond acceptors (Lipinski definition) is 2. The summed E-state index contributed by atoms with van der Waals surface area (Å²) in [6.07, 6.45) is 2.51. The molecule has 0 atom stereocenters. The van der Waals surface area contributed by atoms with Crippen LogP contribution in [-0.2, 0) is 12.8 Å². The third-order valence-corrected chi connectivity index (χ3v) is 5.00. The second-order valence-electron chi connectivity index (χ2n) is 6.58. The zero-order valence-electron chi connectivity index (χ0n) is 13.9. The van der Waals surface area contributed by atoms with E-state index in [1.54, 1.807) is 18.2 Å². The minimum Gasteiger partial charge on any atom is -0.433 e. The van der Waals surface area contributed by atoms with Crippen LogP contribution in [0.1, 0.15) is 17.5 Å².